The molecule has 166 valence electrons. The second-order valence-corrected chi connectivity index (χ2v) is 7.27. The van der Waals surface area contributed by atoms with Crippen molar-refractivity contribution in [2.45, 2.75) is 13.0 Å². The van der Waals surface area contributed by atoms with Gasteiger partial charge in [-0.2, -0.15) is 0 Å². The summed E-state index contributed by atoms with van der Waals surface area (Å²) >= 11 is 0. The SMILES string of the molecule is CC(C(=O)OCC(=O)Nc1ccccc1Oc1ccccc1)N1C(=O)c2ccccc2C1=O. The van der Waals surface area contributed by atoms with Gasteiger partial charge in [-0.1, -0.05) is 42.5 Å². The van der Waals surface area contributed by atoms with Gasteiger partial charge in [0.2, 0.25) is 0 Å². The molecule has 0 radical (unpaired) electrons. The number of esters is 1. The summed E-state index contributed by atoms with van der Waals surface area (Å²) < 4.78 is 10.9. The monoisotopic (exact) mass is 444 g/mol. The Bertz CT molecular complexity index is 1190. The van der Waals surface area contributed by atoms with Crippen LogP contribution in [0.15, 0.2) is 78.9 Å². The molecule has 4 rings (SSSR count). The molecule has 3 aromatic carbocycles. The third-order valence-electron chi connectivity index (χ3n) is 5.03. The van der Waals surface area contributed by atoms with E-state index in [1.165, 1.54) is 19.1 Å². The molecular weight excluding hydrogens is 424 g/mol. The number of carbonyl (C=O) groups excluding carboxylic acids is 4. The van der Waals surface area contributed by atoms with Crippen LogP contribution in [0.2, 0.25) is 0 Å². The first-order chi connectivity index (χ1) is 16.0. The van der Waals surface area contributed by atoms with Gasteiger partial charge in [-0.3, -0.25) is 19.3 Å². The maximum atomic E-state index is 12.5. The van der Waals surface area contributed by atoms with E-state index in [0.29, 0.717) is 17.2 Å². The standard InChI is InChI=1S/C25H20N2O6/c1-16(27-23(29)18-11-5-6-12-19(18)24(27)30)25(31)32-15-22(28)26-20-13-7-8-14-21(20)33-17-9-3-2-4-10-17/h2-14,16H,15H2,1H3,(H,26,28). The lowest BCUT2D eigenvalue weighted by Gasteiger charge is -2.20. The molecule has 0 bridgehead atoms. The molecule has 1 N–H and O–H groups in total. The largest absolute Gasteiger partial charge is 0.455 e. The fourth-order valence-corrected chi connectivity index (χ4v) is 3.38. The maximum Gasteiger partial charge on any atom is 0.329 e. The fraction of sp³-hybridized carbons (Fsp3) is 0.120. The molecule has 0 aliphatic carbocycles. The number of nitrogens with one attached hydrogen (secondary N) is 1. The molecule has 1 atom stereocenters. The average Bonchev–Trinajstić information content (AvgIpc) is 3.09. The smallest absolute Gasteiger partial charge is 0.329 e. The summed E-state index contributed by atoms with van der Waals surface area (Å²) in [4.78, 5) is 50.7. The van der Waals surface area contributed by atoms with Crippen LogP contribution < -0.4 is 10.1 Å². The number of anilines is 1. The van der Waals surface area contributed by atoms with E-state index in [9.17, 15) is 19.2 Å². The van der Waals surface area contributed by atoms with Crippen molar-refractivity contribution in [3.63, 3.8) is 0 Å². The van der Waals surface area contributed by atoms with Gasteiger partial charge in [0.25, 0.3) is 17.7 Å². The third kappa shape index (κ3) is 4.59. The molecule has 1 unspecified atom stereocenters. The van der Waals surface area contributed by atoms with Gasteiger partial charge >= 0.3 is 5.97 Å². The molecule has 8 heteroatoms. The Morgan fingerprint density at radius 3 is 2.09 bits per heavy atom. The zero-order valence-corrected chi connectivity index (χ0v) is 17.7. The van der Waals surface area contributed by atoms with E-state index in [1.807, 2.05) is 18.2 Å². The zero-order chi connectivity index (χ0) is 23.4. The molecule has 1 aliphatic heterocycles. The van der Waals surface area contributed by atoms with Crippen LogP contribution in [0.4, 0.5) is 5.69 Å². The summed E-state index contributed by atoms with van der Waals surface area (Å²) in [7, 11) is 0. The zero-order valence-electron chi connectivity index (χ0n) is 17.7. The highest BCUT2D eigenvalue weighted by molar-refractivity contribution is 6.22. The van der Waals surface area contributed by atoms with E-state index in [1.54, 1.807) is 48.5 Å². The minimum atomic E-state index is -1.18. The molecule has 8 nitrogen and oxygen atoms in total. The molecule has 3 aromatic rings. The van der Waals surface area contributed by atoms with Gasteiger partial charge in [0.15, 0.2) is 12.4 Å². The third-order valence-corrected chi connectivity index (χ3v) is 5.03. The molecule has 0 saturated heterocycles. The van der Waals surface area contributed by atoms with E-state index in [-0.39, 0.29) is 11.1 Å². The van der Waals surface area contributed by atoms with Crippen molar-refractivity contribution in [1.29, 1.82) is 0 Å². The summed E-state index contributed by atoms with van der Waals surface area (Å²) in [6.07, 6.45) is 0. The summed E-state index contributed by atoms with van der Waals surface area (Å²) in [5.74, 6) is -1.59. The molecular formula is C25H20N2O6. The highest BCUT2D eigenvalue weighted by Gasteiger charge is 2.41. The Labute approximate surface area is 189 Å². The van der Waals surface area contributed by atoms with E-state index in [0.717, 1.165) is 4.90 Å². The first-order valence-electron chi connectivity index (χ1n) is 10.2. The number of ether oxygens (including phenoxy) is 2. The summed E-state index contributed by atoms with van der Waals surface area (Å²) in [5, 5.41) is 2.64. The molecule has 0 saturated carbocycles. The van der Waals surface area contributed by atoms with Crippen LogP contribution in [-0.4, -0.2) is 41.2 Å². The van der Waals surface area contributed by atoms with Crippen molar-refractivity contribution in [2.24, 2.45) is 0 Å². The molecule has 1 aliphatic rings. The first kappa shape index (κ1) is 21.8. The van der Waals surface area contributed by atoms with Crippen LogP contribution in [-0.2, 0) is 14.3 Å². The van der Waals surface area contributed by atoms with Crippen LogP contribution >= 0.6 is 0 Å². The number of amides is 3. The van der Waals surface area contributed by atoms with Crippen LogP contribution in [0, 0.1) is 0 Å². The van der Waals surface area contributed by atoms with Gasteiger partial charge < -0.3 is 14.8 Å². The Morgan fingerprint density at radius 1 is 0.848 bits per heavy atom. The van der Waals surface area contributed by atoms with Crippen molar-refractivity contribution >= 4 is 29.4 Å². The normalized spacial score (nSPS) is 13.3. The number of nitrogens with zero attached hydrogens (tertiary/aromatic N) is 1. The Balaban J connectivity index is 1.36. The molecule has 1 heterocycles. The number of fused-ring (bicyclic) bond motifs is 1. The molecule has 0 fully saturated rings. The Hall–Kier alpha value is -4.46. The molecule has 3 amide bonds. The van der Waals surface area contributed by atoms with Crippen molar-refractivity contribution < 1.29 is 28.7 Å². The molecule has 0 aromatic heterocycles. The summed E-state index contributed by atoms with van der Waals surface area (Å²) in [6, 6.07) is 21.0. The van der Waals surface area contributed by atoms with Gasteiger partial charge in [0, 0.05) is 0 Å². The van der Waals surface area contributed by atoms with Crippen LogP contribution in [0.1, 0.15) is 27.6 Å². The fourth-order valence-electron chi connectivity index (χ4n) is 3.38. The maximum absolute atomic E-state index is 12.5. The topological polar surface area (TPSA) is 102 Å². The number of benzene rings is 3. The van der Waals surface area contributed by atoms with Crippen molar-refractivity contribution in [3.05, 3.63) is 90.0 Å². The lowest BCUT2D eigenvalue weighted by molar-refractivity contribution is -0.150. The highest BCUT2D eigenvalue weighted by atomic mass is 16.5. The van der Waals surface area contributed by atoms with Gasteiger partial charge in [0.05, 0.1) is 16.8 Å². The van der Waals surface area contributed by atoms with Crippen LogP contribution in [0.3, 0.4) is 0 Å². The lowest BCUT2D eigenvalue weighted by Crippen LogP contribution is -2.44. The highest BCUT2D eigenvalue weighted by Crippen LogP contribution is 2.29. The predicted molar refractivity (Wildman–Crippen MR) is 119 cm³/mol. The number of carbonyl (C=O) groups is 4. The number of hydrogen-bond donors (Lipinski definition) is 1. The van der Waals surface area contributed by atoms with Crippen LogP contribution in [0.25, 0.3) is 0 Å². The molecule has 33 heavy (non-hydrogen) atoms. The molecule has 0 spiro atoms. The lowest BCUT2D eigenvalue weighted by atomic mass is 10.1. The Morgan fingerprint density at radius 2 is 1.42 bits per heavy atom. The number of para-hydroxylation sites is 3. The first-order valence-corrected chi connectivity index (χ1v) is 10.2. The van der Waals surface area contributed by atoms with Gasteiger partial charge in [-0.05, 0) is 43.3 Å². The van der Waals surface area contributed by atoms with Gasteiger partial charge in [0.1, 0.15) is 11.8 Å². The number of hydrogen-bond acceptors (Lipinski definition) is 6. The number of rotatable bonds is 7. The minimum absolute atomic E-state index is 0.231. The summed E-state index contributed by atoms with van der Waals surface area (Å²) in [5.41, 5.74) is 0.862. The van der Waals surface area contributed by atoms with Crippen LogP contribution in [0.5, 0.6) is 11.5 Å². The van der Waals surface area contributed by atoms with E-state index in [2.05, 4.69) is 5.32 Å². The van der Waals surface area contributed by atoms with Gasteiger partial charge in [-0.15, -0.1) is 0 Å². The number of imide groups is 1. The second kappa shape index (κ2) is 9.35. The van der Waals surface area contributed by atoms with E-state index >= 15 is 0 Å². The Kier molecular flexibility index (Phi) is 6.17. The van der Waals surface area contributed by atoms with Crippen molar-refractivity contribution in [1.82, 2.24) is 4.90 Å². The minimum Gasteiger partial charge on any atom is -0.455 e. The second-order valence-electron chi connectivity index (χ2n) is 7.27. The van der Waals surface area contributed by atoms with Crippen molar-refractivity contribution in [3.8, 4) is 11.5 Å². The predicted octanol–water partition coefficient (Wildman–Crippen LogP) is 3.65. The van der Waals surface area contributed by atoms with Crippen molar-refractivity contribution in [2.75, 3.05) is 11.9 Å². The van der Waals surface area contributed by atoms with E-state index < -0.39 is 36.3 Å². The quantitative estimate of drug-likeness (QED) is 0.441. The summed E-state index contributed by atoms with van der Waals surface area (Å²) in [6.45, 7) is 0.789. The van der Waals surface area contributed by atoms with Gasteiger partial charge in [-0.25, -0.2) is 4.79 Å². The van der Waals surface area contributed by atoms with E-state index in [4.69, 9.17) is 9.47 Å². The average molecular weight is 444 g/mol.